The molecule has 1 amide bonds. The van der Waals surface area contributed by atoms with Crippen molar-refractivity contribution in [3.05, 3.63) is 71.0 Å². The Hall–Kier alpha value is -3.08. The van der Waals surface area contributed by atoms with Crippen LogP contribution in [0.2, 0.25) is 0 Å². The smallest absolute Gasteiger partial charge is 0.295 e. The van der Waals surface area contributed by atoms with Gasteiger partial charge in [0.25, 0.3) is 11.7 Å². The number of hydrogen-bond donors (Lipinski definition) is 1. The van der Waals surface area contributed by atoms with Gasteiger partial charge in [-0.15, -0.1) is 0 Å². The molecule has 0 aromatic heterocycles. The van der Waals surface area contributed by atoms with Crippen molar-refractivity contribution in [1.29, 1.82) is 0 Å². The molecule has 1 aliphatic rings. The number of sulfonamides is 1. The van der Waals surface area contributed by atoms with Crippen molar-refractivity contribution in [2.24, 2.45) is 0 Å². The van der Waals surface area contributed by atoms with E-state index in [4.69, 9.17) is 4.74 Å². The van der Waals surface area contributed by atoms with Gasteiger partial charge in [-0.05, 0) is 48.4 Å². The Morgan fingerprint density at radius 1 is 1.06 bits per heavy atom. The second kappa shape index (κ2) is 11.1. The third kappa shape index (κ3) is 5.29. The molecule has 10 heteroatoms. The van der Waals surface area contributed by atoms with Crippen LogP contribution in [-0.4, -0.2) is 67.8 Å². The molecule has 188 valence electrons. The number of ketones is 1. The van der Waals surface area contributed by atoms with Crippen LogP contribution >= 0.6 is 0 Å². The molecular formula is C25H29FN2O6S. The number of rotatable bonds is 10. The van der Waals surface area contributed by atoms with Crippen LogP contribution in [0.3, 0.4) is 0 Å². The molecule has 0 unspecified atom stereocenters. The van der Waals surface area contributed by atoms with Gasteiger partial charge in [0.2, 0.25) is 10.0 Å². The number of aliphatic hydroxyl groups excluding tert-OH is 1. The third-order valence-corrected chi connectivity index (χ3v) is 8.01. The van der Waals surface area contributed by atoms with Gasteiger partial charge >= 0.3 is 0 Å². The van der Waals surface area contributed by atoms with Gasteiger partial charge in [0.1, 0.15) is 11.6 Å². The second-order valence-corrected chi connectivity index (χ2v) is 9.94. The van der Waals surface area contributed by atoms with Crippen LogP contribution in [0.5, 0.6) is 0 Å². The number of carbonyl (C=O) groups is 2. The van der Waals surface area contributed by atoms with Gasteiger partial charge in [-0.2, -0.15) is 4.31 Å². The maximum atomic E-state index is 13.6. The van der Waals surface area contributed by atoms with Crippen molar-refractivity contribution in [2.45, 2.75) is 31.2 Å². The lowest BCUT2D eigenvalue weighted by molar-refractivity contribution is -0.140. The van der Waals surface area contributed by atoms with E-state index in [-0.39, 0.29) is 22.6 Å². The van der Waals surface area contributed by atoms with E-state index >= 15 is 0 Å². The lowest BCUT2D eigenvalue weighted by atomic mass is 9.95. The topological polar surface area (TPSA) is 104 Å². The van der Waals surface area contributed by atoms with Gasteiger partial charge in [0, 0.05) is 38.9 Å². The molecular weight excluding hydrogens is 475 g/mol. The van der Waals surface area contributed by atoms with E-state index in [1.54, 1.807) is 13.8 Å². The number of carbonyl (C=O) groups excluding carboxylic acids is 2. The summed E-state index contributed by atoms with van der Waals surface area (Å²) in [5.41, 5.74) is 0.508. The minimum Gasteiger partial charge on any atom is -0.507 e. The fourth-order valence-corrected chi connectivity index (χ4v) is 5.59. The average Bonchev–Trinajstić information content (AvgIpc) is 3.10. The predicted octanol–water partition coefficient (Wildman–Crippen LogP) is 3.31. The minimum absolute atomic E-state index is 0.0489. The van der Waals surface area contributed by atoms with E-state index in [0.29, 0.717) is 31.7 Å². The van der Waals surface area contributed by atoms with Crippen molar-refractivity contribution >= 4 is 27.5 Å². The number of methoxy groups -OCH3 is 1. The molecule has 1 fully saturated rings. The van der Waals surface area contributed by atoms with Crippen LogP contribution in [0.4, 0.5) is 4.39 Å². The highest BCUT2D eigenvalue weighted by Crippen LogP contribution is 2.39. The zero-order valence-corrected chi connectivity index (χ0v) is 20.7. The van der Waals surface area contributed by atoms with Crippen LogP contribution in [-0.2, 0) is 24.3 Å². The molecule has 1 N–H and O–H groups in total. The molecule has 2 aromatic rings. The van der Waals surface area contributed by atoms with Crippen LogP contribution in [0, 0.1) is 5.82 Å². The molecule has 1 heterocycles. The van der Waals surface area contributed by atoms with Gasteiger partial charge in [0.15, 0.2) is 0 Å². The van der Waals surface area contributed by atoms with E-state index < -0.39 is 39.3 Å². The fourth-order valence-electron chi connectivity index (χ4n) is 4.13. The van der Waals surface area contributed by atoms with Crippen LogP contribution in [0.1, 0.15) is 37.4 Å². The Morgan fingerprint density at radius 3 is 2.20 bits per heavy atom. The van der Waals surface area contributed by atoms with Crippen molar-refractivity contribution in [1.82, 2.24) is 9.21 Å². The second-order valence-electron chi connectivity index (χ2n) is 8.00. The highest BCUT2D eigenvalue weighted by atomic mass is 32.2. The van der Waals surface area contributed by atoms with Gasteiger partial charge in [0.05, 0.1) is 16.5 Å². The number of ether oxygens (including phenoxy) is 1. The highest BCUT2D eigenvalue weighted by molar-refractivity contribution is 7.89. The van der Waals surface area contributed by atoms with Crippen molar-refractivity contribution < 1.29 is 32.2 Å². The molecule has 2 aromatic carbocycles. The zero-order valence-electron chi connectivity index (χ0n) is 19.9. The maximum absolute atomic E-state index is 13.6. The third-order valence-electron chi connectivity index (χ3n) is 5.94. The first kappa shape index (κ1) is 26.5. The first-order chi connectivity index (χ1) is 16.7. The molecule has 3 rings (SSSR count). The molecule has 1 aliphatic heterocycles. The van der Waals surface area contributed by atoms with Crippen LogP contribution < -0.4 is 0 Å². The first-order valence-electron chi connectivity index (χ1n) is 11.3. The average molecular weight is 505 g/mol. The van der Waals surface area contributed by atoms with Gasteiger partial charge in [-0.3, -0.25) is 9.59 Å². The van der Waals surface area contributed by atoms with Crippen molar-refractivity contribution in [3.63, 3.8) is 0 Å². The fraction of sp³-hybridized carbons (Fsp3) is 0.360. The minimum atomic E-state index is -3.70. The quantitative estimate of drug-likeness (QED) is 0.230. The van der Waals surface area contributed by atoms with Gasteiger partial charge in [-0.25, -0.2) is 12.8 Å². The molecule has 1 saturated heterocycles. The summed E-state index contributed by atoms with van der Waals surface area (Å²) < 4.78 is 45.4. The Kier molecular flexibility index (Phi) is 8.42. The highest BCUT2D eigenvalue weighted by Gasteiger charge is 2.45. The lowest BCUT2D eigenvalue weighted by Crippen LogP contribution is -2.31. The molecule has 0 bridgehead atoms. The van der Waals surface area contributed by atoms with Crippen LogP contribution in [0.15, 0.2) is 59.0 Å². The SMILES string of the molecule is CCN(CC)S(=O)(=O)c1ccc(C(O)=C2C(=O)C(=O)N(CCCOC)[C@H]2c2ccc(F)cc2)cc1. The van der Waals surface area contributed by atoms with Crippen molar-refractivity contribution in [3.8, 4) is 0 Å². The van der Waals surface area contributed by atoms with E-state index in [1.165, 1.54) is 64.8 Å². The molecule has 0 spiro atoms. The largest absolute Gasteiger partial charge is 0.507 e. The number of amides is 1. The van der Waals surface area contributed by atoms with E-state index in [0.717, 1.165) is 0 Å². The van der Waals surface area contributed by atoms with Gasteiger partial charge < -0.3 is 14.7 Å². The number of halogens is 1. The maximum Gasteiger partial charge on any atom is 0.295 e. The monoisotopic (exact) mass is 504 g/mol. The Bertz CT molecular complexity index is 1210. The number of Topliss-reactive ketones (excluding diaryl/α,β-unsaturated/α-hetero) is 1. The number of likely N-dealkylation sites (tertiary alicyclic amines) is 1. The van der Waals surface area contributed by atoms with Crippen LogP contribution in [0.25, 0.3) is 5.76 Å². The summed E-state index contributed by atoms with van der Waals surface area (Å²) in [5.74, 6) is -2.56. The van der Waals surface area contributed by atoms with E-state index in [9.17, 15) is 27.5 Å². The number of benzene rings is 2. The number of hydrogen-bond acceptors (Lipinski definition) is 6. The molecule has 0 saturated carbocycles. The molecule has 35 heavy (non-hydrogen) atoms. The van der Waals surface area contributed by atoms with Crippen molar-refractivity contribution in [2.75, 3.05) is 33.4 Å². The summed E-state index contributed by atoms with van der Waals surface area (Å²) >= 11 is 0. The predicted molar refractivity (Wildman–Crippen MR) is 128 cm³/mol. The molecule has 0 aliphatic carbocycles. The zero-order chi connectivity index (χ0) is 25.8. The lowest BCUT2D eigenvalue weighted by Gasteiger charge is -2.25. The number of aliphatic hydroxyl groups is 1. The van der Waals surface area contributed by atoms with Gasteiger partial charge in [-0.1, -0.05) is 26.0 Å². The molecule has 8 nitrogen and oxygen atoms in total. The Balaban J connectivity index is 2.07. The Morgan fingerprint density at radius 2 is 1.66 bits per heavy atom. The summed E-state index contributed by atoms with van der Waals surface area (Å²) in [5, 5.41) is 11.1. The first-order valence-corrected chi connectivity index (χ1v) is 12.7. The summed E-state index contributed by atoms with van der Waals surface area (Å²) in [6.07, 6.45) is 0.458. The Labute approximate surface area is 204 Å². The summed E-state index contributed by atoms with van der Waals surface area (Å²) in [4.78, 5) is 27.2. The van der Waals surface area contributed by atoms with E-state index in [2.05, 4.69) is 0 Å². The van der Waals surface area contributed by atoms with E-state index in [1.807, 2.05) is 0 Å². The number of nitrogens with zero attached hydrogens (tertiary/aromatic N) is 2. The normalized spacial score (nSPS) is 18.0. The summed E-state index contributed by atoms with van der Waals surface area (Å²) in [7, 11) is -2.18. The molecule has 0 radical (unpaired) electrons. The summed E-state index contributed by atoms with van der Waals surface area (Å²) in [6.45, 7) is 4.65. The summed E-state index contributed by atoms with van der Waals surface area (Å²) in [6, 6.07) is 9.93. The standard InChI is InChI=1S/C25H29FN2O6S/c1-4-27(5-2)35(32,33)20-13-9-18(10-14-20)23(29)21-22(17-7-11-19(26)12-8-17)28(15-6-16-34-3)25(31)24(21)30/h7-14,22,29H,4-6,15-16H2,1-3H3/t22-/m0/s1. The molecule has 1 atom stereocenters.